The molecule has 1 saturated carbocycles. The highest BCUT2D eigenvalue weighted by molar-refractivity contribution is 7.10. The van der Waals surface area contributed by atoms with E-state index < -0.39 is 0 Å². The maximum atomic E-state index is 9.16. The zero-order chi connectivity index (χ0) is 12.6. The molecule has 90 valence electrons. The Kier molecular flexibility index (Phi) is 2.57. The number of nitrogens with zero attached hydrogens (tertiary/aromatic N) is 2. The second-order valence-corrected chi connectivity index (χ2v) is 5.32. The van der Waals surface area contributed by atoms with Gasteiger partial charge in [0, 0.05) is 10.9 Å². The van der Waals surface area contributed by atoms with Gasteiger partial charge in [-0.15, -0.1) is 11.3 Å². The predicted molar refractivity (Wildman–Crippen MR) is 70.6 cm³/mol. The normalized spacial score (nSPS) is 16.0. The number of aromatic nitrogens is 1. The van der Waals surface area contributed by atoms with E-state index >= 15 is 0 Å². The molecule has 0 radical (unpaired) electrons. The third-order valence-electron chi connectivity index (χ3n) is 3.26. The Morgan fingerprint density at radius 2 is 2.06 bits per heavy atom. The van der Waals surface area contributed by atoms with Crippen LogP contribution in [0, 0.1) is 11.3 Å². The number of hydrogen-bond acceptors (Lipinski definition) is 4. The Morgan fingerprint density at radius 3 is 2.61 bits per heavy atom. The minimum atomic E-state index is -0.282. The van der Waals surface area contributed by atoms with Crippen molar-refractivity contribution < 1.29 is 4.74 Å². The second kappa shape index (κ2) is 4.11. The minimum absolute atomic E-state index is 0.282. The quantitative estimate of drug-likeness (QED) is 0.845. The standard InChI is InChI=1S/C14H12N2OS/c1-17-11-4-2-10(3-5-11)12-8-18-13(16-12)14(9-15)6-7-14/h2-5,8H,6-7H2,1H3. The molecule has 3 rings (SSSR count). The van der Waals surface area contributed by atoms with E-state index in [4.69, 9.17) is 10.00 Å². The molecule has 2 aromatic rings. The van der Waals surface area contributed by atoms with Crippen molar-refractivity contribution in [3.8, 4) is 23.1 Å². The first-order chi connectivity index (χ1) is 8.77. The van der Waals surface area contributed by atoms with Crippen molar-refractivity contribution in [1.29, 1.82) is 5.26 Å². The van der Waals surface area contributed by atoms with E-state index in [1.54, 1.807) is 18.4 Å². The average Bonchev–Trinajstić information content (AvgIpc) is 3.08. The highest BCUT2D eigenvalue weighted by Gasteiger charge is 2.47. The fourth-order valence-electron chi connectivity index (χ4n) is 1.89. The molecule has 1 aromatic carbocycles. The number of ether oxygens (including phenoxy) is 1. The second-order valence-electron chi connectivity index (χ2n) is 4.46. The molecule has 18 heavy (non-hydrogen) atoms. The Hall–Kier alpha value is -1.86. The lowest BCUT2D eigenvalue weighted by Gasteiger charge is -2.01. The maximum Gasteiger partial charge on any atom is 0.118 e. The summed E-state index contributed by atoms with van der Waals surface area (Å²) in [5.41, 5.74) is 1.72. The van der Waals surface area contributed by atoms with Gasteiger partial charge in [0.15, 0.2) is 0 Å². The lowest BCUT2D eigenvalue weighted by Crippen LogP contribution is -2.01. The van der Waals surface area contributed by atoms with Crippen LogP contribution in [0.2, 0.25) is 0 Å². The first-order valence-corrected chi connectivity index (χ1v) is 6.67. The molecule has 1 aliphatic rings. The largest absolute Gasteiger partial charge is 0.497 e. The van der Waals surface area contributed by atoms with Crippen LogP contribution in [0.5, 0.6) is 5.75 Å². The fourth-order valence-corrected chi connectivity index (χ4v) is 2.92. The van der Waals surface area contributed by atoms with E-state index in [2.05, 4.69) is 11.1 Å². The number of thiazole rings is 1. The number of rotatable bonds is 3. The summed E-state index contributed by atoms with van der Waals surface area (Å²) in [5, 5.41) is 12.1. The maximum absolute atomic E-state index is 9.16. The summed E-state index contributed by atoms with van der Waals surface area (Å²) in [6.45, 7) is 0. The summed E-state index contributed by atoms with van der Waals surface area (Å²) in [5.74, 6) is 0.838. The van der Waals surface area contributed by atoms with Gasteiger partial charge < -0.3 is 4.74 Å². The number of benzene rings is 1. The van der Waals surface area contributed by atoms with Gasteiger partial charge >= 0.3 is 0 Å². The van der Waals surface area contributed by atoms with Crippen LogP contribution in [0.15, 0.2) is 29.6 Å². The van der Waals surface area contributed by atoms with Gasteiger partial charge in [0.2, 0.25) is 0 Å². The molecule has 0 unspecified atom stereocenters. The Balaban J connectivity index is 1.91. The number of nitriles is 1. The van der Waals surface area contributed by atoms with Gasteiger partial charge in [-0.3, -0.25) is 0 Å². The summed E-state index contributed by atoms with van der Waals surface area (Å²) < 4.78 is 5.13. The average molecular weight is 256 g/mol. The van der Waals surface area contributed by atoms with Gasteiger partial charge in [-0.1, -0.05) is 0 Å². The molecule has 4 heteroatoms. The molecule has 1 fully saturated rings. The highest BCUT2D eigenvalue weighted by atomic mass is 32.1. The van der Waals surface area contributed by atoms with Gasteiger partial charge in [-0.05, 0) is 37.1 Å². The Labute approximate surface area is 110 Å². The summed E-state index contributed by atoms with van der Waals surface area (Å²) >= 11 is 1.58. The van der Waals surface area contributed by atoms with Crippen LogP contribution in [-0.2, 0) is 5.41 Å². The van der Waals surface area contributed by atoms with E-state index in [0.717, 1.165) is 34.9 Å². The third kappa shape index (κ3) is 1.77. The van der Waals surface area contributed by atoms with Gasteiger partial charge in [0.1, 0.15) is 16.2 Å². The first kappa shape index (κ1) is 11.2. The van der Waals surface area contributed by atoms with Crippen LogP contribution in [-0.4, -0.2) is 12.1 Å². The lowest BCUT2D eigenvalue weighted by molar-refractivity contribution is 0.415. The van der Waals surface area contributed by atoms with Crippen LogP contribution < -0.4 is 4.74 Å². The lowest BCUT2D eigenvalue weighted by atomic mass is 10.1. The van der Waals surface area contributed by atoms with E-state index in [9.17, 15) is 0 Å². The van der Waals surface area contributed by atoms with Crippen molar-refractivity contribution in [2.75, 3.05) is 7.11 Å². The smallest absolute Gasteiger partial charge is 0.118 e. The van der Waals surface area contributed by atoms with Crippen LogP contribution >= 0.6 is 11.3 Å². The molecule has 0 N–H and O–H groups in total. The summed E-state index contributed by atoms with van der Waals surface area (Å²) in [7, 11) is 1.65. The van der Waals surface area contributed by atoms with E-state index in [1.807, 2.05) is 29.6 Å². The SMILES string of the molecule is COc1ccc(-c2csc(C3(C#N)CC3)n2)cc1. The number of hydrogen-bond donors (Lipinski definition) is 0. The zero-order valence-corrected chi connectivity index (χ0v) is 10.8. The molecular formula is C14H12N2OS. The van der Waals surface area contributed by atoms with E-state index in [-0.39, 0.29) is 5.41 Å². The van der Waals surface area contributed by atoms with Crippen molar-refractivity contribution in [1.82, 2.24) is 4.98 Å². The Bertz CT molecular complexity index is 605. The van der Waals surface area contributed by atoms with Gasteiger partial charge in [0.25, 0.3) is 0 Å². The highest BCUT2D eigenvalue weighted by Crippen LogP contribution is 2.49. The molecule has 1 aromatic heterocycles. The van der Waals surface area contributed by atoms with E-state index in [0.29, 0.717) is 0 Å². The minimum Gasteiger partial charge on any atom is -0.497 e. The zero-order valence-electron chi connectivity index (χ0n) is 10.0. The third-order valence-corrected chi connectivity index (χ3v) is 4.31. The molecule has 1 heterocycles. The van der Waals surface area contributed by atoms with Gasteiger partial charge in [0.05, 0.1) is 18.9 Å². The van der Waals surface area contributed by atoms with Crippen LogP contribution in [0.1, 0.15) is 17.8 Å². The molecule has 0 amide bonds. The molecule has 0 saturated heterocycles. The Morgan fingerprint density at radius 1 is 1.33 bits per heavy atom. The van der Waals surface area contributed by atoms with Gasteiger partial charge in [-0.25, -0.2) is 4.98 Å². The molecule has 0 spiro atoms. The molecule has 0 atom stereocenters. The van der Waals surface area contributed by atoms with Crippen molar-refractivity contribution in [3.05, 3.63) is 34.7 Å². The van der Waals surface area contributed by atoms with Crippen molar-refractivity contribution >= 4 is 11.3 Å². The van der Waals surface area contributed by atoms with Gasteiger partial charge in [-0.2, -0.15) is 5.26 Å². The van der Waals surface area contributed by atoms with Crippen LogP contribution in [0.3, 0.4) is 0 Å². The summed E-state index contributed by atoms with van der Waals surface area (Å²) in [6.07, 6.45) is 1.89. The van der Waals surface area contributed by atoms with Crippen molar-refractivity contribution in [3.63, 3.8) is 0 Å². The van der Waals surface area contributed by atoms with Crippen molar-refractivity contribution in [2.45, 2.75) is 18.3 Å². The first-order valence-electron chi connectivity index (χ1n) is 5.79. The van der Waals surface area contributed by atoms with Crippen LogP contribution in [0.25, 0.3) is 11.3 Å². The molecule has 3 nitrogen and oxygen atoms in total. The summed E-state index contributed by atoms with van der Waals surface area (Å²) in [4.78, 5) is 4.60. The summed E-state index contributed by atoms with van der Waals surface area (Å²) in [6, 6.07) is 10.2. The fraction of sp³-hybridized carbons (Fsp3) is 0.286. The number of methoxy groups -OCH3 is 1. The van der Waals surface area contributed by atoms with Crippen LogP contribution in [0.4, 0.5) is 0 Å². The topological polar surface area (TPSA) is 45.9 Å². The molecule has 0 bridgehead atoms. The predicted octanol–water partition coefficient (Wildman–Crippen LogP) is 3.37. The molecular weight excluding hydrogens is 244 g/mol. The molecule has 1 aliphatic carbocycles. The van der Waals surface area contributed by atoms with E-state index in [1.165, 1.54) is 0 Å². The molecule has 0 aliphatic heterocycles. The van der Waals surface area contributed by atoms with Crippen molar-refractivity contribution in [2.24, 2.45) is 0 Å². The monoisotopic (exact) mass is 256 g/mol.